The van der Waals surface area contributed by atoms with E-state index in [4.69, 9.17) is 0 Å². The van der Waals surface area contributed by atoms with Gasteiger partial charge in [0.25, 0.3) is 0 Å². The molecule has 0 bridgehead atoms. The standard InChI is InChI=1S/C12H21N5O2S/c1-4-17(5-2)12-14-11(8-13-15-12)16(3)10-6-7-20(18,19)9-10/h8,10H,4-7,9H2,1-3H3. The normalized spacial score (nSPS) is 20.9. The molecule has 2 heterocycles. The van der Waals surface area contributed by atoms with Crippen LogP contribution in [0.3, 0.4) is 0 Å². The van der Waals surface area contributed by atoms with E-state index in [9.17, 15) is 8.42 Å². The van der Waals surface area contributed by atoms with Gasteiger partial charge in [-0.3, -0.25) is 0 Å². The lowest BCUT2D eigenvalue weighted by Gasteiger charge is -2.25. The van der Waals surface area contributed by atoms with Crippen LogP contribution >= 0.6 is 0 Å². The average molecular weight is 299 g/mol. The Balaban J connectivity index is 2.18. The summed E-state index contributed by atoms with van der Waals surface area (Å²) >= 11 is 0. The van der Waals surface area contributed by atoms with Gasteiger partial charge in [0.15, 0.2) is 15.7 Å². The molecular formula is C12H21N5O2S. The number of anilines is 2. The van der Waals surface area contributed by atoms with E-state index >= 15 is 0 Å². The summed E-state index contributed by atoms with van der Waals surface area (Å²) in [6.45, 7) is 5.69. The SMILES string of the molecule is CCN(CC)c1nncc(N(C)C2CCS(=O)(=O)C2)n1. The zero-order chi connectivity index (χ0) is 14.8. The van der Waals surface area contributed by atoms with Gasteiger partial charge in [-0.25, -0.2) is 8.42 Å². The van der Waals surface area contributed by atoms with Crippen LogP contribution in [0.5, 0.6) is 0 Å². The van der Waals surface area contributed by atoms with Crippen molar-refractivity contribution >= 4 is 21.6 Å². The van der Waals surface area contributed by atoms with Gasteiger partial charge in [-0.2, -0.15) is 10.1 Å². The second-order valence-electron chi connectivity index (χ2n) is 4.95. The van der Waals surface area contributed by atoms with Crippen LogP contribution in [0, 0.1) is 0 Å². The van der Waals surface area contributed by atoms with Gasteiger partial charge >= 0.3 is 0 Å². The minimum Gasteiger partial charge on any atom is -0.354 e. The first-order valence-electron chi connectivity index (χ1n) is 6.84. The maximum atomic E-state index is 11.6. The van der Waals surface area contributed by atoms with Crippen molar-refractivity contribution < 1.29 is 8.42 Å². The van der Waals surface area contributed by atoms with Crippen LogP contribution < -0.4 is 9.80 Å². The lowest BCUT2D eigenvalue weighted by Crippen LogP contribution is -2.34. The van der Waals surface area contributed by atoms with E-state index in [1.165, 1.54) is 0 Å². The molecule has 0 N–H and O–H groups in total. The summed E-state index contributed by atoms with van der Waals surface area (Å²) in [4.78, 5) is 8.40. The third-order valence-corrected chi connectivity index (χ3v) is 5.45. The van der Waals surface area contributed by atoms with E-state index in [0.717, 1.165) is 13.1 Å². The van der Waals surface area contributed by atoms with Crippen LogP contribution in [0.4, 0.5) is 11.8 Å². The fraction of sp³-hybridized carbons (Fsp3) is 0.750. The summed E-state index contributed by atoms with van der Waals surface area (Å²) in [7, 11) is -1.04. The molecule has 1 aromatic rings. The van der Waals surface area contributed by atoms with Crippen LogP contribution in [0.1, 0.15) is 20.3 Å². The van der Waals surface area contributed by atoms with Crippen LogP contribution in [-0.2, 0) is 9.84 Å². The molecule has 20 heavy (non-hydrogen) atoms. The zero-order valence-electron chi connectivity index (χ0n) is 12.2. The minimum absolute atomic E-state index is 0.0266. The summed E-state index contributed by atoms with van der Waals surface area (Å²) in [6, 6.07) is -0.0266. The average Bonchev–Trinajstić information content (AvgIpc) is 2.80. The van der Waals surface area contributed by atoms with Gasteiger partial charge in [0.2, 0.25) is 5.95 Å². The highest BCUT2D eigenvalue weighted by molar-refractivity contribution is 7.91. The molecule has 0 spiro atoms. The molecule has 0 amide bonds. The van der Waals surface area contributed by atoms with E-state index in [0.29, 0.717) is 18.2 Å². The fourth-order valence-corrected chi connectivity index (χ4v) is 4.14. The Morgan fingerprint density at radius 3 is 2.60 bits per heavy atom. The summed E-state index contributed by atoms with van der Waals surface area (Å²) in [5, 5.41) is 8.02. The van der Waals surface area contributed by atoms with E-state index in [1.807, 2.05) is 30.7 Å². The molecule has 1 aliphatic heterocycles. The van der Waals surface area contributed by atoms with E-state index in [1.54, 1.807) is 6.20 Å². The minimum atomic E-state index is -2.90. The first kappa shape index (κ1) is 15.0. The number of hydrogen-bond acceptors (Lipinski definition) is 7. The summed E-state index contributed by atoms with van der Waals surface area (Å²) in [6.07, 6.45) is 2.22. The molecule has 1 aromatic heterocycles. The summed E-state index contributed by atoms with van der Waals surface area (Å²) in [5.41, 5.74) is 0. The number of aromatic nitrogens is 3. The second kappa shape index (κ2) is 5.90. The maximum absolute atomic E-state index is 11.6. The monoisotopic (exact) mass is 299 g/mol. The van der Waals surface area contributed by atoms with E-state index < -0.39 is 9.84 Å². The molecule has 1 aliphatic rings. The second-order valence-corrected chi connectivity index (χ2v) is 7.18. The van der Waals surface area contributed by atoms with Crippen molar-refractivity contribution in [3.63, 3.8) is 0 Å². The zero-order valence-corrected chi connectivity index (χ0v) is 13.0. The Labute approximate surface area is 119 Å². The van der Waals surface area contributed by atoms with Crippen molar-refractivity contribution in [3.8, 4) is 0 Å². The molecule has 0 radical (unpaired) electrons. The molecule has 2 rings (SSSR count). The quantitative estimate of drug-likeness (QED) is 0.775. The van der Waals surface area contributed by atoms with Gasteiger partial charge in [0.05, 0.1) is 17.7 Å². The molecule has 1 fully saturated rings. The molecule has 0 aliphatic carbocycles. The lowest BCUT2D eigenvalue weighted by atomic mass is 10.2. The Bertz CT molecular complexity index is 559. The van der Waals surface area contributed by atoms with E-state index in [2.05, 4.69) is 15.2 Å². The van der Waals surface area contributed by atoms with Crippen molar-refractivity contribution in [1.82, 2.24) is 15.2 Å². The van der Waals surface area contributed by atoms with Gasteiger partial charge in [-0.1, -0.05) is 0 Å². The van der Waals surface area contributed by atoms with Gasteiger partial charge in [0.1, 0.15) is 0 Å². The van der Waals surface area contributed by atoms with Crippen LogP contribution in [0.2, 0.25) is 0 Å². The largest absolute Gasteiger partial charge is 0.354 e. The first-order valence-corrected chi connectivity index (χ1v) is 8.67. The molecule has 0 aromatic carbocycles. The highest BCUT2D eigenvalue weighted by atomic mass is 32.2. The van der Waals surface area contributed by atoms with Crippen molar-refractivity contribution in [2.24, 2.45) is 0 Å². The maximum Gasteiger partial charge on any atom is 0.247 e. The van der Waals surface area contributed by atoms with Crippen LogP contribution in [-0.4, -0.2) is 61.3 Å². The molecule has 8 heteroatoms. The molecule has 7 nitrogen and oxygen atoms in total. The molecule has 0 saturated carbocycles. The van der Waals surface area contributed by atoms with Crippen molar-refractivity contribution in [2.75, 3.05) is 41.4 Å². The lowest BCUT2D eigenvalue weighted by molar-refractivity contribution is 0.600. The first-order chi connectivity index (χ1) is 9.46. The number of sulfone groups is 1. The van der Waals surface area contributed by atoms with Gasteiger partial charge in [-0.15, -0.1) is 5.10 Å². The molecule has 1 unspecified atom stereocenters. The fourth-order valence-electron chi connectivity index (χ4n) is 2.36. The highest BCUT2D eigenvalue weighted by Gasteiger charge is 2.31. The number of nitrogens with zero attached hydrogens (tertiary/aromatic N) is 5. The highest BCUT2D eigenvalue weighted by Crippen LogP contribution is 2.21. The van der Waals surface area contributed by atoms with Gasteiger partial charge in [-0.05, 0) is 20.3 Å². The predicted molar refractivity (Wildman–Crippen MR) is 78.8 cm³/mol. The topological polar surface area (TPSA) is 79.3 Å². The van der Waals surface area contributed by atoms with Crippen molar-refractivity contribution in [3.05, 3.63) is 6.20 Å². The Kier molecular flexibility index (Phi) is 4.42. The van der Waals surface area contributed by atoms with Gasteiger partial charge in [0, 0.05) is 26.2 Å². The van der Waals surface area contributed by atoms with E-state index in [-0.39, 0.29) is 17.5 Å². The molecule has 112 valence electrons. The molecular weight excluding hydrogens is 278 g/mol. The third kappa shape index (κ3) is 3.17. The van der Waals surface area contributed by atoms with Crippen LogP contribution in [0.15, 0.2) is 6.20 Å². The number of rotatable bonds is 5. The predicted octanol–water partition coefficient (Wildman–Crippen LogP) is 0.341. The van der Waals surface area contributed by atoms with Crippen LogP contribution in [0.25, 0.3) is 0 Å². The summed E-state index contributed by atoms with van der Waals surface area (Å²) < 4.78 is 23.1. The molecule has 1 atom stereocenters. The Hall–Kier alpha value is -1.44. The third-order valence-electron chi connectivity index (χ3n) is 3.70. The Morgan fingerprint density at radius 1 is 1.35 bits per heavy atom. The molecule has 1 saturated heterocycles. The summed E-state index contributed by atoms with van der Waals surface area (Å²) in [5.74, 6) is 1.70. The van der Waals surface area contributed by atoms with Gasteiger partial charge < -0.3 is 9.80 Å². The van der Waals surface area contributed by atoms with Crippen molar-refractivity contribution in [2.45, 2.75) is 26.3 Å². The van der Waals surface area contributed by atoms with Crippen molar-refractivity contribution in [1.29, 1.82) is 0 Å². The Morgan fingerprint density at radius 2 is 2.05 bits per heavy atom. The number of hydrogen-bond donors (Lipinski definition) is 0. The smallest absolute Gasteiger partial charge is 0.247 e.